The molecule has 12 nitrogen and oxygen atoms in total. The minimum Gasteiger partial charge on any atom is -0.394 e. The SMILES string of the molecule is CC(C)(O)/C=C/C(=O)[C@](C)(O)[C@H]1[C@H](O)C[C@@]2(C)[C@@H]3CC=C4[C@@H](C[C@H](O[C@@H]5O[C@H](CO)[C@@H](O)[C@H](O)[C@H]5O)C(=O)C4(C)C)[C@@H]3C(=O)C[C@]12C. The number of rotatable bonds is 7. The largest absolute Gasteiger partial charge is 0.394 e. The van der Waals surface area contributed by atoms with Gasteiger partial charge in [0.1, 0.15) is 41.9 Å². The predicted molar refractivity (Wildman–Crippen MR) is 166 cm³/mol. The number of ether oxygens (including phenoxy) is 2. The zero-order valence-electron chi connectivity index (χ0n) is 28.3. The fourth-order valence-electron chi connectivity index (χ4n) is 9.99. The van der Waals surface area contributed by atoms with Crippen LogP contribution >= 0.6 is 0 Å². The van der Waals surface area contributed by atoms with Gasteiger partial charge in [0.05, 0.1) is 18.3 Å². The van der Waals surface area contributed by atoms with Crippen LogP contribution in [-0.2, 0) is 23.9 Å². The number of aliphatic hydroxyl groups is 7. The molecule has 0 aromatic heterocycles. The topological polar surface area (TPSA) is 211 Å². The first-order valence-electron chi connectivity index (χ1n) is 16.6. The Bertz CT molecular complexity index is 1340. The van der Waals surface area contributed by atoms with Crippen LogP contribution in [0.25, 0.3) is 0 Å². The first-order valence-corrected chi connectivity index (χ1v) is 16.6. The van der Waals surface area contributed by atoms with Crippen LogP contribution in [0.2, 0.25) is 0 Å². The van der Waals surface area contributed by atoms with Crippen molar-refractivity contribution in [2.75, 3.05) is 6.61 Å². The third kappa shape index (κ3) is 5.61. The number of hydrogen-bond donors (Lipinski definition) is 7. The summed E-state index contributed by atoms with van der Waals surface area (Å²) in [7, 11) is 0. The Morgan fingerprint density at radius 1 is 1.02 bits per heavy atom. The highest BCUT2D eigenvalue weighted by Crippen LogP contribution is 2.71. The van der Waals surface area contributed by atoms with Gasteiger partial charge in [0.15, 0.2) is 17.9 Å². The second-order valence-electron chi connectivity index (χ2n) is 16.4. The van der Waals surface area contributed by atoms with E-state index in [1.165, 1.54) is 26.8 Å². The number of carbonyl (C=O) groups is 3. The third-order valence-electron chi connectivity index (χ3n) is 12.6. The van der Waals surface area contributed by atoms with E-state index >= 15 is 0 Å². The minimum atomic E-state index is -2.03. The van der Waals surface area contributed by atoms with Crippen molar-refractivity contribution in [2.45, 2.75) is 128 Å². The first kappa shape index (κ1) is 36.4. The molecular formula is C35H52O12. The van der Waals surface area contributed by atoms with Gasteiger partial charge >= 0.3 is 0 Å². The van der Waals surface area contributed by atoms with Crippen LogP contribution in [0.5, 0.6) is 0 Å². The molecule has 5 rings (SSSR count). The number of hydrogen-bond acceptors (Lipinski definition) is 12. The number of aliphatic hydroxyl groups excluding tert-OH is 5. The molecule has 0 unspecified atom stereocenters. The average Bonchev–Trinajstić information content (AvgIpc) is 3.18. The molecule has 1 saturated heterocycles. The highest BCUT2D eigenvalue weighted by Gasteiger charge is 2.72. The fourth-order valence-corrected chi connectivity index (χ4v) is 9.99. The van der Waals surface area contributed by atoms with Crippen molar-refractivity contribution in [3.8, 4) is 0 Å². The molecule has 0 bridgehead atoms. The molecule has 264 valence electrons. The summed E-state index contributed by atoms with van der Waals surface area (Å²) in [4.78, 5) is 41.6. The molecule has 1 heterocycles. The lowest BCUT2D eigenvalue weighted by molar-refractivity contribution is -0.310. The quantitative estimate of drug-likeness (QED) is 0.145. The number of fused-ring (bicyclic) bond motifs is 5. The van der Waals surface area contributed by atoms with Gasteiger partial charge in [0, 0.05) is 23.7 Å². The van der Waals surface area contributed by atoms with Crippen molar-refractivity contribution in [2.24, 2.45) is 39.9 Å². The first-order chi connectivity index (χ1) is 21.5. The molecule has 47 heavy (non-hydrogen) atoms. The monoisotopic (exact) mass is 664 g/mol. The molecule has 0 amide bonds. The van der Waals surface area contributed by atoms with Gasteiger partial charge in [-0.05, 0) is 82.6 Å². The van der Waals surface area contributed by atoms with Gasteiger partial charge in [-0.3, -0.25) is 14.4 Å². The average molecular weight is 665 g/mol. The summed E-state index contributed by atoms with van der Waals surface area (Å²) in [6.07, 6.45) is -4.72. The van der Waals surface area contributed by atoms with Crippen LogP contribution in [0.1, 0.15) is 74.1 Å². The second kappa shape index (κ2) is 11.9. The van der Waals surface area contributed by atoms with Crippen molar-refractivity contribution in [3.05, 3.63) is 23.8 Å². The Kier molecular flexibility index (Phi) is 9.20. The van der Waals surface area contributed by atoms with Gasteiger partial charge in [-0.2, -0.15) is 0 Å². The Labute approximate surface area is 275 Å². The number of Topliss-reactive ketones (excluding diaryl/α,β-unsaturated/α-hetero) is 2. The smallest absolute Gasteiger partial charge is 0.187 e. The number of allylic oxidation sites excluding steroid dienone is 2. The molecule has 0 spiro atoms. The van der Waals surface area contributed by atoms with Gasteiger partial charge in [-0.15, -0.1) is 0 Å². The van der Waals surface area contributed by atoms with Crippen molar-refractivity contribution < 1.29 is 59.6 Å². The number of carbonyl (C=O) groups excluding carboxylic acids is 3. The molecule has 5 aliphatic rings. The maximum atomic E-state index is 14.4. The molecule has 0 aromatic rings. The molecule has 4 aliphatic carbocycles. The molecule has 7 N–H and O–H groups in total. The number of ketones is 3. The van der Waals surface area contributed by atoms with Crippen molar-refractivity contribution >= 4 is 17.3 Å². The third-order valence-corrected chi connectivity index (χ3v) is 12.6. The lowest BCUT2D eigenvalue weighted by Gasteiger charge is -2.60. The molecule has 0 aromatic carbocycles. The lowest BCUT2D eigenvalue weighted by Crippen LogP contribution is -2.63. The van der Waals surface area contributed by atoms with Gasteiger partial charge in [-0.1, -0.05) is 31.6 Å². The molecule has 1 aliphatic heterocycles. The van der Waals surface area contributed by atoms with Gasteiger partial charge in [-0.25, -0.2) is 0 Å². The van der Waals surface area contributed by atoms with E-state index in [1.54, 1.807) is 13.8 Å². The predicted octanol–water partition coefficient (Wildman–Crippen LogP) is 0.363. The van der Waals surface area contributed by atoms with E-state index in [-0.39, 0.29) is 36.7 Å². The van der Waals surface area contributed by atoms with Crippen molar-refractivity contribution in [1.29, 1.82) is 0 Å². The second-order valence-corrected chi connectivity index (χ2v) is 16.4. The summed E-state index contributed by atoms with van der Waals surface area (Å²) in [6, 6.07) is 0. The van der Waals surface area contributed by atoms with E-state index in [4.69, 9.17) is 9.47 Å². The van der Waals surface area contributed by atoms with Crippen LogP contribution in [0, 0.1) is 39.9 Å². The summed E-state index contributed by atoms with van der Waals surface area (Å²) in [5.74, 6) is -3.31. The Morgan fingerprint density at radius 3 is 2.26 bits per heavy atom. The summed E-state index contributed by atoms with van der Waals surface area (Å²) >= 11 is 0. The van der Waals surface area contributed by atoms with Gasteiger partial charge < -0.3 is 45.2 Å². The highest BCUT2D eigenvalue weighted by atomic mass is 16.7. The molecule has 4 fully saturated rings. The summed E-state index contributed by atoms with van der Waals surface area (Å²) in [5, 5.41) is 74.1. The normalized spacial score (nSPS) is 46.3. The summed E-state index contributed by atoms with van der Waals surface area (Å²) in [5.41, 5.74) is -5.22. The molecule has 3 saturated carbocycles. The van der Waals surface area contributed by atoms with Crippen LogP contribution in [0.3, 0.4) is 0 Å². The Morgan fingerprint density at radius 2 is 1.66 bits per heavy atom. The zero-order chi connectivity index (χ0) is 35.2. The Hall–Kier alpha value is -1.87. The summed E-state index contributed by atoms with van der Waals surface area (Å²) in [6.45, 7) is 11.1. The standard InChI is InChI=1S/C35H52O12/c1-31(2,44)11-10-23(39)35(7,45)28-20(38)14-33(5)18-9-8-17-16(24(18)19(37)13-34(28,33)6)12-21(29(43)32(17,3)4)46-30-27(42)26(41)25(40)22(15-36)47-30/h8,10-11,16,18,20-22,24-28,30,36,38,40-42,44-45H,9,12-15H2,1-7H3/b11-10+/t16-,18-,20-,21+,22-,24+,25-,26+,27-,28+,30-,33+,34-,35+/m1/s1. The lowest BCUT2D eigenvalue weighted by atomic mass is 9.43. The van der Waals surface area contributed by atoms with Crippen LogP contribution < -0.4 is 0 Å². The van der Waals surface area contributed by atoms with Crippen molar-refractivity contribution in [3.63, 3.8) is 0 Å². The molecular weight excluding hydrogens is 612 g/mol. The van der Waals surface area contributed by atoms with Gasteiger partial charge in [0.25, 0.3) is 0 Å². The molecule has 12 heteroatoms. The van der Waals surface area contributed by atoms with E-state index < -0.39 is 101 Å². The van der Waals surface area contributed by atoms with E-state index in [2.05, 4.69) is 0 Å². The molecule has 14 atom stereocenters. The van der Waals surface area contributed by atoms with Crippen LogP contribution in [0.4, 0.5) is 0 Å². The fraction of sp³-hybridized carbons (Fsp3) is 0.800. The molecule has 0 radical (unpaired) electrons. The zero-order valence-corrected chi connectivity index (χ0v) is 28.3. The van der Waals surface area contributed by atoms with Crippen LogP contribution in [0.15, 0.2) is 23.8 Å². The maximum absolute atomic E-state index is 14.4. The summed E-state index contributed by atoms with van der Waals surface area (Å²) < 4.78 is 11.6. The maximum Gasteiger partial charge on any atom is 0.187 e. The Balaban J connectivity index is 1.47. The van der Waals surface area contributed by atoms with E-state index in [0.29, 0.717) is 6.42 Å². The van der Waals surface area contributed by atoms with Gasteiger partial charge in [0.2, 0.25) is 0 Å². The van der Waals surface area contributed by atoms with Crippen LogP contribution in [-0.4, -0.2) is 114 Å². The van der Waals surface area contributed by atoms with Crippen molar-refractivity contribution in [1.82, 2.24) is 0 Å². The van der Waals surface area contributed by atoms with E-state index in [1.807, 2.05) is 19.9 Å². The van der Waals surface area contributed by atoms with E-state index in [9.17, 15) is 50.1 Å². The van der Waals surface area contributed by atoms with E-state index in [0.717, 1.165) is 11.6 Å². The minimum absolute atomic E-state index is 0.0125. The highest BCUT2D eigenvalue weighted by molar-refractivity contribution is 5.97.